The predicted octanol–water partition coefficient (Wildman–Crippen LogP) is 2.19. The fraction of sp³-hybridized carbons (Fsp3) is 0.235. The molecule has 1 atom stereocenters. The standard InChI is InChI=1S/C17H17N3O2S/c1-20-11-12(10-15(20)21)19-16(22)14-8-5-9-18-17(14)23-13-6-3-2-4-7-13/h2-9,12H,10-11H2,1H3,(H,19,22). The molecule has 2 amide bonds. The Balaban J connectivity index is 1.75. The first kappa shape index (κ1) is 15.6. The Morgan fingerprint density at radius 1 is 1.26 bits per heavy atom. The third-order valence-electron chi connectivity index (χ3n) is 3.65. The average Bonchev–Trinajstić information content (AvgIpc) is 2.86. The molecule has 2 aromatic rings. The van der Waals surface area contributed by atoms with Crippen LogP contribution in [0.15, 0.2) is 58.6 Å². The van der Waals surface area contributed by atoms with E-state index in [-0.39, 0.29) is 17.9 Å². The number of nitrogens with one attached hydrogen (secondary N) is 1. The zero-order chi connectivity index (χ0) is 16.2. The van der Waals surface area contributed by atoms with Gasteiger partial charge in [0.25, 0.3) is 5.91 Å². The molecule has 1 unspecified atom stereocenters. The number of carbonyl (C=O) groups excluding carboxylic acids is 2. The van der Waals surface area contributed by atoms with Crippen LogP contribution in [0.4, 0.5) is 0 Å². The van der Waals surface area contributed by atoms with E-state index in [2.05, 4.69) is 10.3 Å². The summed E-state index contributed by atoms with van der Waals surface area (Å²) in [6, 6.07) is 13.2. The van der Waals surface area contributed by atoms with E-state index in [1.807, 2.05) is 30.3 Å². The van der Waals surface area contributed by atoms with Crippen LogP contribution in [-0.2, 0) is 4.79 Å². The van der Waals surface area contributed by atoms with Crippen LogP contribution >= 0.6 is 11.8 Å². The fourth-order valence-electron chi connectivity index (χ4n) is 2.47. The van der Waals surface area contributed by atoms with Crippen LogP contribution in [0.2, 0.25) is 0 Å². The molecular formula is C17H17N3O2S. The van der Waals surface area contributed by atoms with Gasteiger partial charge in [-0.1, -0.05) is 30.0 Å². The van der Waals surface area contributed by atoms with Crippen molar-refractivity contribution in [1.29, 1.82) is 0 Å². The van der Waals surface area contributed by atoms with Gasteiger partial charge in [0.1, 0.15) is 5.03 Å². The third kappa shape index (κ3) is 3.71. The molecule has 1 N–H and O–H groups in total. The maximum Gasteiger partial charge on any atom is 0.254 e. The molecule has 0 radical (unpaired) electrons. The lowest BCUT2D eigenvalue weighted by atomic mass is 10.2. The second-order valence-electron chi connectivity index (χ2n) is 5.42. The van der Waals surface area contributed by atoms with Crippen molar-refractivity contribution in [1.82, 2.24) is 15.2 Å². The SMILES string of the molecule is CN1CC(NC(=O)c2cccnc2Sc2ccccc2)CC1=O. The van der Waals surface area contributed by atoms with E-state index in [1.165, 1.54) is 11.8 Å². The summed E-state index contributed by atoms with van der Waals surface area (Å²) in [5.41, 5.74) is 0.531. The summed E-state index contributed by atoms with van der Waals surface area (Å²) in [7, 11) is 1.75. The first-order valence-corrected chi connectivity index (χ1v) is 8.18. The quantitative estimate of drug-likeness (QED) is 0.935. The minimum atomic E-state index is -0.190. The minimum absolute atomic E-state index is 0.0559. The highest BCUT2D eigenvalue weighted by atomic mass is 32.2. The van der Waals surface area contributed by atoms with Gasteiger partial charge < -0.3 is 10.2 Å². The van der Waals surface area contributed by atoms with Crippen LogP contribution in [0.1, 0.15) is 16.8 Å². The number of pyridine rings is 1. The van der Waals surface area contributed by atoms with Crippen molar-refractivity contribution >= 4 is 23.6 Å². The van der Waals surface area contributed by atoms with E-state index in [0.717, 1.165) is 4.90 Å². The molecule has 0 spiro atoms. The molecule has 1 aromatic heterocycles. The van der Waals surface area contributed by atoms with Crippen molar-refractivity contribution in [3.8, 4) is 0 Å². The fourth-order valence-corrected chi connectivity index (χ4v) is 3.37. The topological polar surface area (TPSA) is 62.3 Å². The Hall–Kier alpha value is -2.34. The maximum atomic E-state index is 12.5. The number of nitrogens with zero attached hydrogens (tertiary/aromatic N) is 2. The Kier molecular flexibility index (Phi) is 4.62. The summed E-state index contributed by atoms with van der Waals surface area (Å²) >= 11 is 1.45. The van der Waals surface area contributed by atoms with E-state index in [0.29, 0.717) is 23.6 Å². The van der Waals surface area contributed by atoms with Crippen LogP contribution in [0.3, 0.4) is 0 Å². The second-order valence-corrected chi connectivity index (χ2v) is 6.48. The first-order chi connectivity index (χ1) is 11.1. The van der Waals surface area contributed by atoms with Crippen LogP contribution in [0, 0.1) is 0 Å². The molecule has 23 heavy (non-hydrogen) atoms. The van der Waals surface area contributed by atoms with Crippen molar-refractivity contribution in [2.75, 3.05) is 13.6 Å². The average molecular weight is 327 g/mol. The first-order valence-electron chi connectivity index (χ1n) is 7.36. The van der Waals surface area contributed by atoms with Gasteiger partial charge in [0.05, 0.1) is 11.6 Å². The number of likely N-dealkylation sites (tertiary alicyclic amines) is 1. The zero-order valence-corrected chi connectivity index (χ0v) is 13.5. The van der Waals surface area contributed by atoms with Gasteiger partial charge in [-0.05, 0) is 24.3 Å². The van der Waals surface area contributed by atoms with Gasteiger partial charge in [0.15, 0.2) is 0 Å². The Morgan fingerprint density at radius 3 is 2.74 bits per heavy atom. The smallest absolute Gasteiger partial charge is 0.254 e. The predicted molar refractivity (Wildman–Crippen MR) is 88.3 cm³/mol. The van der Waals surface area contributed by atoms with Gasteiger partial charge in [-0.2, -0.15) is 0 Å². The Bertz CT molecular complexity index is 721. The molecule has 0 bridgehead atoms. The monoisotopic (exact) mass is 327 g/mol. The number of hydrogen-bond acceptors (Lipinski definition) is 4. The summed E-state index contributed by atoms with van der Waals surface area (Å²) in [5.74, 6) is -0.134. The largest absolute Gasteiger partial charge is 0.347 e. The zero-order valence-electron chi connectivity index (χ0n) is 12.7. The summed E-state index contributed by atoms with van der Waals surface area (Å²) in [6.45, 7) is 0.548. The highest BCUT2D eigenvalue weighted by Crippen LogP contribution is 2.28. The number of benzene rings is 1. The number of likely N-dealkylation sites (N-methyl/N-ethyl adjacent to an activating group) is 1. The van der Waals surface area contributed by atoms with Gasteiger partial charge in [0, 0.05) is 31.1 Å². The molecule has 118 valence electrons. The van der Waals surface area contributed by atoms with E-state index in [9.17, 15) is 9.59 Å². The minimum Gasteiger partial charge on any atom is -0.347 e. The van der Waals surface area contributed by atoms with E-state index in [4.69, 9.17) is 0 Å². The van der Waals surface area contributed by atoms with E-state index < -0.39 is 0 Å². The van der Waals surface area contributed by atoms with Crippen molar-refractivity contribution in [2.24, 2.45) is 0 Å². The molecule has 3 rings (SSSR count). The molecular weight excluding hydrogens is 310 g/mol. The maximum absolute atomic E-state index is 12.5. The summed E-state index contributed by atoms with van der Waals surface area (Å²) in [5, 5.41) is 3.59. The van der Waals surface area contributed by atoms with Crippen LogP contribution in [0.25, 0.3) is 0 Å². The molecule has 1 fully saturated rings. The van der Waals surface area contributed by atoms with E-state index >= 15 is 0 Å². The molecule has 1 aromatic carbocycles. The Morgan fingerprint density at radius 2 is 2.04 bits per heavy atom. The lowest BCUT2D eigenvalue weighted by Crippen LogP contribution is -2.36. The van der Waals surface area contributed by atoms with Gasteiger partial charge in [-0.3, -0.25) is 9.59 Å². The number of amides is 2. The molecule has 0 aliphatic carbocycles. The molecule has 1 aliphatic heterocycles. The van der Waals surface area contributed by atoms with Crippen LogP contribution in [0.5, 0.6) is 0 Å². The molecule has 2 heterocycles. The Labute approximate surface area is 139 Å². The van der Waals surface area contributed by atoms with Gasteiger partial charge in [-0.15, -0.1) is 0 Å². The van der Waals surface area contributed by atoms with Crippen LogP contribution < -0.4 is 5.32 Å². The number of rotatable bonds is 4. The normalized spacial score (nSPS) is 17.3. The molecule has 1 aliphatic rings. The van der Waals surface area contributed by atoms with Crippen LogP contribution in [-0.4, -0.2) is 41.3 Å². The van der Waals surface area contributed by atoms with Crippen molar-refractivity contribution in [3.63, 3.8) is 0 Å². The molecule has 0 saturated carbocycles. The van der Waals surface area contributed by atoms with E-state index in [1.54, 1.807) is 30.3 Å². The number of carbonyl (C=O) groups is 2. The molecule has 1 saturated heterocycles. The van der Waals surface area contributed by atoms with Gasteiger partial charge >= 0.3 is 0 Å². The lowest BCUT2D eigenvalue weighted by Gasteiger charge is -2.14. The number of aromatic nitrogens is 1. The second kappa shape index (κ2) is 6.83. The summed E-state index contributed by atoms with van der Waals surface area (Å²) < 4.78 is 0. The highest BCUT2D eigenvalue weighted by Gasteiger charge is 2.28. The molecule has 6 heteroatoms. The summed E-state index contributed by atoms with van der Waals surface area (Å²) in [4.78, 5) is 31.1. The molecule has 5 nitrogen and oxygen atoms in total. The third-order valence-corrected chi connectivity index (χ3v) is 4.68. The highest BCUT2D eigenvalue weighted by molar-refractivity contribution is 7.99. The summed E-state index contributed by atoms with van der Waals surface area (Å²) in [6.07, 6.45) is 2.03. The van der Waals surface area contributed by atoms with Gasteiger partial charge in [0.2, 0.25) is 5.91 Å². The van der Waals surface area contributed by atoms with Gasteiger partial charge in [-0.25, -0.2) is 4.98 Å². The van der Waals surface area contributed by atoms with Crippen molar-refractivity contribution in [2.45, 2.75) is 22.4 Å². The van der Waals surface area contributed by atoms with Crippen molar-refractivity contribution < 1.29 is 9.59 Å². The lowest BCUT2D eigenvalue weighted by molar-refractivity contribution is -0.126. The number of hydrogen-bond donors (Lipinski definition) is 1. The van der Waals surface area contributed by atoms with Crippen molar-refractivity contribution in [3.05, 3.63) is 54.2 Å².